The molecule has 0 aromatic carbocycles. The number of likely N-dealkylation sites (tertiary alicyclic amines) is 2. The lowest BCUT2D eigenvalue weighted by molar-refractivity contribution is -0.146. The predicted molar refractivity (Wildman–Crippen MR) is 140 cm³/mol. The molecule has 3 aromatic heterocycles. The zero-order chi connectivity index (χ0) is 27.0. The Kier molecular flexibility index (Phi) is 7.55. The second-order valence-corrected chi connectivity index (χ2v) is 11.6. The molecular weight excluding hydrogens is 532 g/mol. The van der Waals surface area contributed by atoms with Gasteiger partial charge < -0.3 is 24.7 Å². The molecule has 13 heteroatoms. The van der Waals surface area contributed by atoms with Gasteiger partial charge in [-0.25, -0.2) is 4.79 Å². The molecule has 5 rings (SSSR count). The van der Waals surface area contributed by atoms with Crippen LogP contribution in [0.25, 0.3) is 10.6 Å². The lowest BCUT2D eigenvalue weighted by Gasteiger charge is -2.37. The third-order valence-electron chi connectivity index (χ3n) is 7.08. The van der Waals surface area contributed by atoms with Crippen molar-refractivity contribution in [1.82, 2.24) is 30.1 Å². The minimum atomic E-state index is -1.06. The van der Waals surface area contributed by atoms with Gasteiger partial charge in [0.1, 0.15) is 17.4 Å². The summed E-state index contributed by atoms with van der Waals surface area (Å²) in [6, 6.07) is 6.32. The molecule has 2 aliphatic heterocycles. The summed E-state index contributed by atoms with van der Waals surface area (Å²) in [7, 11) is 0. The van der Waals surface area contributed by atoms with Crippen LogP contribution in [0, 0.1) is 0 Å². The topological polar surface area (TPSA) is 134 Å². The standard InChI is InChI=1S/C25H29ClN6O5S/c1-14(2)30-8-5-15(6-9-30)27-23(33)17-12-19(24(34)31-10-7-18(31)25(35)36)32(28-17)13-16-11-20(37-29-16)21-3-4-22(26)38-21/h3-4,11-12,14-15,18H,5-10,13H2,1-2H3,(H,27,33)(H,35,36). The smallest absolute Gasteiger partial charge is 0.326 e. The number of aliphatic carboxylic acids is 1. The van der Waals surface area contributed by atoms with Crippen molar-refractivity contribution in [3.05, 3.63) is 45.7 Å². The average molecular weight is 561 g/mol. The first-order valence-electron chi connectivity index (χ1n) is 12.6. The van der Waals surface area contributed by atoms with Crippen molar-refractivity contribution in [3.8, 4) is 10.6 Å². The molecule has 38 heavy (non-hydrogen) atoms. The maximum Gasteiger partial charge on any atom is 0.326 e. The van der Waals surface area contributed by atoms with Crippen molar-refractivity contribution in [2.24, 2.45) is 0 Å². The van der Waals surface area contributed by atoms with E-state index in [1.165, 1.54) is 27.0 Å². The van der Waals surface area contributed by atoms with Crippen LogP contribution >= 0.6 is 22.9 Å². The molecule has 2 amide bonds. The van der Waals surface area contributed by atoms with Crippen molar-refractivity contribution >= 4 is 40.7 Å². The highest BCUT2D eigenvalue weighted by molar-refractivity contribution is 7.19. The number of nitrogens with zero attached hydrogens (tertiary/aromatic N) is 5. The zero-order valence-corrected chi connectivity index (χ0v) is 22.7. The second-order valence-electron chi connectivity index (χ2n) is 9.88. The Labute approximate surface area is 228 Å². The summed E-state index contributed by atoms with van der Waals surface area (Å²) in [6.45, 7) is 6.50. The predicted octanol–water partition coefficient (Wildman–Crippen LogP) is 3.20. The molecule has 11 nitrogen and oxygen atoms in total. The maximum atomic E-state index is 13.3. The summed E-state index contributed by atoms with van der Waals surface area (Å²) < 4.78 is 7.45. The number of carbonyl (C=O) groups excluding carboxylic acids is 2. The van der Waals surface area contributed by atoms with Crippen LogP contribution < -0.4 is 5.32 Å². The van der Waals surface area contributed by atoms with E-state index in [0.29, 0.717) is 34.8 Å². The number of halogens is 1. The van der Waals surface area contributed by atoms with Crippen LogP contribution in [0.3, 0.4) is 0 Å². The molecule has 0 aliphatic carbocycles. The summed E-state index contributed by atoms with van der Waals surface area (Å²) in [5.41, 5.74) is 0.716. The van der Waals surface area contributed by atoms with Crippen molar-refractivity contribution < 1.29 is 24.0 Å². The number of carboxylic acid groups (broad SMARTS) is 1. The Morgan fingerprint density at radius 2 is 1.95 bits per heavy atom. The number of amides is 2. The van der Waals surface area contributed by atoms with Crippen molar-refractivity contribution in [2.45, 2.75) is 57.8 Å². The number of aromatic nitrogens is 3. The molecule has 2 saturated heterocycles. The summed E-state index contributed by atoms with van der Waals surface area (Å²) >= 11 is 7.38. The molecule has 0 bridgehead atoms. The minimum absolute atomic E-state index is 0.0179. The molecule has 0 saturated carbocycles. The van der Waals surface area contributed by atoms with E-state index < -0.39 is 17.9 Å². The maximum absolute atomic E-state index is 13.3. The van der Waals surface area contributed by atoms with Crippen LogP contribution in [-0.4, -0.2) is 85.4 Å². The average Bonchev–Trinajstić information content (AvgIpc) is 3.58. The Bertz CT molecular complexity index is 1340. The Hall–Kier alpha value is -3.22. The SMILES string of the molecule is CC(C)N1CCC(NC(=O)c2cc(C(=O)N3CCC3C(=O)O)n(Cc3cc(-c4ccc(Cl)s4)on3)n2)CC1. The number of thiophene rings is 1. The number of nitrogens with one attached hydrogen (secondary N) is 1. The van der Waals surface area contributed by atoms with E-state index in [1.54, 1.807) is 12.1 Å². The van der Waals surface area contributed by atoms with Gasteiger partial charge in [-0.2, -0.15) is 5.10 Å². The summed E-state index contributed by atoms with van der Waals surface area (Å²) in [5.74, 6) is -1.39. The monoisotopic (exact) mass is 560 g/mol. The fourth-order valence-corrected chi connectivity index (χ4v) is 5.77. The molecule has 2 fully saturated rings. The minimum Gasteiger partial charge on any atom is -0.480 e. The van der Waals surface area contributed by atoms with E-state index in [2.05, 4.69) is 34.3 Å². The fraction of sp³-hybridized carbons (Fsp3) is 0.480. The normalized spacial score (nSPS) is 18.5. The first-order valence-corrected chi connectivity index (χ1v) is 13.8. The van der Waals surface area contributed by atoms with Gasteiger partial charge in [0.05, 0.1) is 15.8 Å². The Balaban J connectivity index is 1.36. The van der Waals surface area contributed by atoms with Crippen molar-refractivity contribution in [1.29, 1.82) is 0 Å². The van der Waals surface area contributed by atoms with Gasteiger partial charge in [-0.05, 0) is 45.2 Å². The number of carbonyl (C=O) groups is 3. The van der Waals surface area contributed by atoms with E-state index in [4.69, 9.17) is 16.1 Å². The lowest BCUT2D eigenvalue weighted by Crippen LogP contribution is -2.55. The molecule has 0 radical (unpaired) electrons. The van der Waals surface area contributed by atoms with E-state index >= 15 is 0 Å². The molecule has 2 N–H and O–H groups in total. The van der Waals surface area contributed by atoms with E-state index in [9.17, 15) is 19.5 Å². The third kappa shape index (κ3) is 5.47. The van der Waals surface area contributed by atoms with Gasteiger partial charge in [-0.3, -0.25) is 14.3 Å². The highest BCUT2D eigenvalue weighted by Crippen LogP contribution is 2.31. The molecule has 0 spiro atoms. The van der Waals surface area contributed by atoms with Gasteiger partial charge in [0, 0.05) is 43.9 Å². The van der Waals surface area contributed by atoms with Gasteiger partial charge in [-0.15, -0.1) is 11.3 Å². The molecule has 3 aromatic rings. The van der Waals surface area contributed by atoms with Crippen LogP contribution in [0.15, 0.2) is 28.8 Å². The largest absolute Gasteiger partial charge is 0.480 e. The summed E-state index contributed by atoms with van der Waals surface area (Å²) in [5, 5.41) is 21.0. The first-order chi connectivity index (χ1) is 18.2. The van der Waals surface area contributed by atoms with Crippen LogP contribution in [0.4, 0.5) is 0 Å². The highest BCUT2D eigenvalue weighted by atomic mass is 35.5. The lowest BCUT2D eigenvalue weighted by atomic mass is 10.0. The van der Waals surface area contributed by atoms with Crippen LogP contribution in [0.1, 0.15) is 59.8 Å². The number of hydrogen-bond acceptors (Lipinski definition) is 8. The molecular formula is C25H29ClN6O5S. The van der Waals surface area contributed by atoms with Gasteiger partial charge in [0.2, 0.25) is 0 Å². The first kappa shape index (κ1) is 26.4. The zero-order valence-electron chi connectivity index (χ0n) is 21.1. The fourth-order valence-electron chi connectivity index (χ4n) is 4.78. The van der Waals surface area contributed by atoms with Crippen LogP contribution in [0.5, 0.6) is 0 Å². The van der Waals surface area contributed by atoms with Crippen LogP contribution in [0.2, 0.25) is 4.34 Å². The quantitative estimate of drug-likeness (QED) is 0.429. The number of rotatable bonds is 8. The molecule has 1 atom stereocenters. The Morgan fingerprint density at radius 3 is 2.55 bits per heavy atom. The molecule has 1 unspecified atom stereocenters. The van der Waals surface area contributed by atoms with E-state index in [0.717, 1.165) is 30.8 Å². The van der Waals surface area contributed by atoms with E-state index in [-0.39, 0.29) is 29.9 Å². The third-order valence-corrected chi connectivity index (χ3v) is 8.32. The van der Waals surface area contributed by atoms with E-state index in [1.807, 2.05) is 6.07 Å². The van der Waals surface area contributed by atoms with Gasteiger partial charge in [-0.1, -0.05) is 16.8 Å². The molecule has 2 aliphatic rings. The van der Waals surface area contributed by atoms with Gasteiger partial charge >= 0.3 is 5.97 Å². The molecule has 202 valence electrons. The highest BCUT2D eigenvalue weighted by Gasteiger charge is 2.39. The number of hydrogen-bond donors (Lipinski definition) is 2. The molecule has 5 heterocycles. The van der Waals surface area contributed by atoms with Gasteiger partial charge in [0.15, 0.2) is 11.5 Å². The number of carboxylic acids is 1. The number of piperidine rings is 1. The van der Waals surface area contributed by atoms with Crippen molar-refractivity contribution in [3.63, 3.8) is 0 Å². The van der Waals surface area contributed by atoms with Crippen LogP contribution in [-0.2, 0) is 11.3 Å². The summed E-state index contributed by atoms with van der Waals surface area (Å²) in [6.07, 6.45) is 2.05. The van der Waals surface area contributed by atoms with Gasteiger partial charge in [0.25, 0.3) is 11.8 Å². The second kappa shape index (κ2) is 10.9. The van der Waals surface area contributed by atoms with Crippen molar-refractivity contribution in [2.75, 3.05) is 19.6 Å². The Morgan fingerprint density at radius 1 is 1.18 bits per heavy atom. The summed E-state index contributed by atoms with van der Waals surface area (Å²) in [4.78, 5) is 42.4.